The van der Waals surface area contributed by atoms with Crippen molar-refractivity contribution < 1.29 is 0 Å². The lowest BCUT2D eigenvalue weighted by Gasteiger charge is -2.08. The normalized spacial score (nSPS) is 11.4. The Hall–Kier alpha value is -3.42. The minimum absolute atomic E-state index is 0.605. The fraction of sp³-hybridized carbons (Fsp3) is 0.391. The van der Waals surface area contributed by atoms with Gasteiger partial charge in [-0.15, -0.1) is 5.10 Å². The molecule has 0 fully saturated rings. The molecule has 0 aliphatic carbocycles. The van der Waals surface area contributed by atoms with Gasteiger partial charge >= 0.3 is 0 Å². The lowest BCUT2D eigenvalue weighted by Crippen LogP contribution is -2.07. The second-order valence-electron chi connectivity index (χ2n) is 8.13. The summed E-state index contributed by atoms with van der Waals surface area (Å²) in [5.74, 6) is 3.27. The molecule has 0 unspecified atom stereocenters. The molecule has 4 rings (SSSR count). The molecule has 0 amide bonds. The predicted octanol–water partition coefficient (Wildman–Crippen LogP) is 4.11. The Morgan fingerprint density at radius 1 is 1.06 bits per heavy atom. The Bertz CT molecular complexity index is 1100. The number of hydrogen-bond donors (Lipinski definition) is 1. The molecule has 3 aromatic heterocycles. The van der Waals surface area contributed by atoms with Crippen molar-refractivity contribution >= 4 is 0 Å². The Labute approximate surface area is 182 Å². The van der Waals surface area contributed by atoms with Crippen molar-refractivity contribution in [3.63, 3.8) is 0 Å². The highest BCUT2D eigenvalue weighted by Crippen LogP contribution is 2.27. The van der Waals surface area contributed by atoms with E-state index in [0.29, 0.717) is 18.3 Å². The van der Waals surface area contributed by atoms with E-state index in [1.165, 1.54) is 5.56 Å². The van der Waals surface area contributed by atoms with Crippen LogP contribution in [0.25, 0.3) is 22.6 Å². The van der Waals surface area contributed by atoms with Gasteiger partial charge < -0.3 is 0 Å². The zero-order valence-electron chi connectivity index (χ0n) is 18.3. The van der Waals surface area contributed by atoms with Crippen LogP contribution in [0.5, 0.6) is 0 Å². The maximum absolute atomic E-state index is 4.79. The highest BCUT2D eigenvalue weighted by molar-refractivity contribution is 5.76. The molecule has 1 N–H and O–H groups in total. The van der Waals surface area contributed by atoms with Gasteiger partial charge in [0.05, 0.1) is 12.2 Å². The summed E-state index contributed by atoms with van der Waals surface area (Å²) in [4.78, 5) is 9.34. The van der Waals surface area contributed by atoms with Crippen LogP contribution >= 0.6 is 0 Å². The monoisotopic (exact) mass is 416 g/mol. The summed E-state index contributed by atoms with van der Waals surface area (Å²) in [6, 6.07) is 12.3. The summed E-state index contributed by atoms with van der Waals surface area (Å²) in [6.07, 6.45) is 5.81. The molecule has 0 bridgehead atoms. The third kappa shape index (κ3) is 5.02. The van der Waals surface area contributed by atoms with Crippen LogP contribution in [0.1, 0.15) is 50.8 Å². The van der Waals surface area contributed by atoms with E-state index in [-0.39, 0.29) is 0 Å². The molecule has 1 aromatic carbocycles. The van der Waals surface area contributed by atoms with E-state index in [0.717, 1.165) is 54.2 Å². The molecule has 4 aromatic rings. The number of benzene rings is 1. The van der Waals surface area contributed by atoms with Gasteiger partial charge in [-0.3, -0.25) is 4.98 Å². The fourth-order valence-electron chi connectivity index (χ4n) is 3.53. The first-order valence-electron chi connectivity index (χ1n) is 10.8. The predicted molar refractivity (Wildman–Crippen MR) is 119 cm³/mol. The molecule has 160 valence electrons. The van der Waals surface area contributed by atoms with Crippen LogP contribution in [0.15, 0.2) is 42.6 Å². The quantitative estimate of drug-likeness (QED) is 0.441. The Kier molecular flexibility index (Phi) is 6.45. The summed E-state index contributed by atoms with van der Waals surface area (Å²) >= 11 is 0. The van der Waals surface area contributed by atoms with Gasteiger partial charge in [0.2, 0.25) is 0 Å². The molecule has 0 spiro atoms. The molecular formula is C23H28N8. The summed E-state index contributed by atoms with van der Waals surface area (Å²) in [5, 5.41) is 19.0. The van der Waals surface area contributed by atoms with Gasteiger partial charge in [0.1, 0.15) is 5.82 Å². The third-order valence-corrected chi connectivity index (χ3v) is 5.18. The second-order valence-corrected chi connectivity index (χ2v) is 8.13. The van der Waals surface area contributed by atoms with Gasteiger partial charge in [-0.1, -0.05) is 45.0 Å². The van der Waals surface area contributed by atoms with Gasteiger partial charge in [-0.25, -0.2) is 14.8 Å². The zero-order chi connectivity index (χ0) is 21.6. The van der Waals surface area contributed by atoms with E-state index in [9.17, 15) is 0 Å². The van der Waals surface area contributed by atoms with Crippen LogP contribution in [-0.2, 0) is 19.4 Å². The van der Waals surface area contributed by atoms with Crippen LogP contribution in [0, 0.1) is 5.92 Å². The number of aromatic nitrogens is 8. The molecule has 8 nitrogen and oxygen atoms in total. The first-order valence-corrected chi connectivity index (χ1v) is 10.8. The van der Waals surface area contributed by atoms with E-state index in [4.69, 9.17) is 10.1 Å². The number of nitrogens with one attached hydrogen (secondary N) is 1. The maximum Gasteiger partial charge on any atom is 0.181 e. The largest absolute Gasteiger partial charge is 0.255 e. The molecule has 0 aliphatic heterocycles. The van der Waals surface area contributed by atoms with Crippen LogP contribution in [0.4, 0.5) is 0 Å². The van der Waals surface area contributed by atoms with Crippen molar-refractivity contribution in [2.24, 2.45) is 5.92 Å². The van der Waals surface area contributed by atoms with E-state index in [1.807, 2.05) is 12.1 Å². The number of tetrazole rings is 1. The smallest absolute Gasteiger partial charge is 0.181 e. The Morgan fingerprint density at radius 2 is 1.90 bits per heavy atom. The third-order valence-electron chi connectivity index (χ3n) is 5.18. The maximum atomic E-state index is 4.79. The summed E-state index contributed by atoms with van der Waals surface area (Å²) in [5.41, 5.74) is 3.91. The second kappa shape index (κ2) is 9.59. The SMILES string of the molecule is CCCc1nc(CCC(C)C)nn1Cc1ccc(-c2ncccc2-c2nnn[nH]2)cc1. The highest BCUT2D eigenvalue weighted by Gasteiger charge is 2.13. The standard InChI is InChI=1S/C23H28N8/c1-4-6-21-25-20(13-8-16(2)3)28-31(21)15-17-9-11-18(12-10-17)22-19(7-5-14-24-22)23-26-29-30-27-23/h5,7,9-12,14,16H,4,6,8,13,15H2,1-3H3,(H,26,27,29,30). The van der Waals surface area contributed by atoms with Crippen molar-refractivity contribution in [3.8, 4) is 22.6 Å². The number of nitrogens with zero attached hydrogens (tertiary/aromatic N) is 7. The lowest BCUT2D eigenvalue weighted by molar-refractivity contribution is 0.567. The number of aryl methyl sites for hydroxylation is 2. The van der Waals surface area contributed by atoms with Gasteiger partial charge in [0.15, 0.2) is 11.6 Å². The van der Waals surface area contributed by atoms with Gasteiger partial charge in [0, 0.05) is 30.2 Å². The minimum atomic E-state index is 0.605. The molecule has 0 atom stereocenters. The van der Waals surface area contributed by atoms with Gasteiger partial charge in [-0.2, -0.15) is 5.10 Å². The van der Waals surface area contributed by atoms with E-state index in [2.05, 4.69) is 75.3 Å². The van der Waals surface area contributed by atoms with Crippen molar-refractivity contribution in [3.05, 3.63) is 59.8 Å². The van der Waals surface area contributed by atoms with Crippen LogP contribution in [-0.4, -0.2) is 40.4 Å². The average Bonchev–Trinajstić information content (AvgIpc) is 3.44. The number of aromatic amines is 1. The molecule has 8 heteroatoms. The summed E-state index contributed by atoms with van der Waals surface area (Å²) < 4.78 is 2.06. The van der Waals surface area contributed by atoms with Gasteiger partial charge in [0.25, 0.3) is 0 Å². The lowest BCUT2D eigenvalue weighted by atomic mass is 10.0. The number of pyridine rings is 1. The minimum Gasteiger partial charge on any atom is -0.255 e. The van der Waals surface area contributed by atoms with Crippen molar-refractivity contribution in [1.82, 2.24) is 40.4 Å². The molecule has 3 heterocycles. The van der Waals surface area contributed by atoms with Crippen molar-refractivity contribution in [2.75, 3.05) is 0 Å². The van der Waals surface area contributed by atoms with Crippen molar-refractivity contribution in [2.45, 2.75) is 53.0 Å². The van der Waals surface area contributed by atoms with Gasteiger partial charge in [-0.05, 0) is 46.9 Å². The molecule has 31 heavy (non-hydrogen) atoms. The Balaban J connectivity index is 1.55. The first kappa shape index (κ1) is 20.8. The molecule has 0 saturated carbocycles. The van der Waals surface area contributed by atoms with E-state index in [1.54, 1.807) is 6.20 Å². The summed E-state index contributed by atoms with van der Waals surface area (Å²) in [6.45, 7) is 7.36. The average molecular weight is 417 g/mol. The van der Waals surface area contributed by atoms with Crippen molar-refractivity contribution in [1.29, 1.82) is 0 Å². The van der Waals surface area contributed by atoms with E-state index >= 15 is 0 Å². The Morgan fingerprint density at radius 3 is 2.61 bits per heavy atom. The van der Waals surface area contributed by atoms with Crippen LogP contribution < -0.4 is 0 Å². The van der Waals surface area contributed by atoms with E-state index < -0.39 is 0 Å². The topological polar surface area (TPSA) is 98.1 Å². The summed E-state index contributed by atoms with van der Waals surface area (Å²) in [7, 11) is 0. The zero-order valence-corrected chi connectivity index (χ0v) is 18.3. The number of hydrogen-bond acceptors (Lipinski definition) is 6. The molecule has 0 saturated heterocycles. The fourth-order valence-corrected chi connectivity index (χ4v) is 3.53. The van der Waals surface area contributed by atoms with Crippen LogP contribution in [0.3, 0.4) is 0 Å². The number of H-pyrrole nitrogens is 1. The molecular weight excluding hydrogens is 388 g/mol. The molecule has 0 aliphatic rings. The van der Waals surface area contributed by atoms with Crippen LogP contribution in [0.2, 0.25) is 0 Å². The number of rotatable bonds is 9. The highest BCUT2D eigenvalue weighted by atomic mass is 15.5. The molecule has 0 radical (unpaired) electrons. The first-order chi connectivity index (χ1) is 15.1.